The molecule has 8 nitrogen and oxygen atoms in total. The van der Waals surface area contributed by atoms with Crippen molar-refractivity contribution in [1.82, 2.24) is 0 Å². The lowest BCUT2D eigenvalue weighted by Crippen LogP contribution is -2.74. The summed E-state index contributed by atoms with van der Waals surface area (Å²) >= 11 is 0. The molecule has 9 heteroatoms. The van der Waals surface area contributed by atoms with Gasteiger partial charge in [0.25, 0.3) is 6.47 Å². The molecule has 0 radical (unpaired) electrons. The lowest BCUT2D eigenvalue weighted by molar-refractivity contribution is -0.120. The molecule has 61 heavy (non-hydrogen) atoms. The Morgan fingerprint density at radius 3 is 0.721 bits per heavy atom. The minimum atomic E-state index is -3.18. The molecule has 0 aliphatic carbocycles. The molecule has 0 spiro atoms. The Balaban J connectivity index is 1.30. The highest BCUT2D eigenvalue weighted by Gasteiger charge is 2.41. The van der Waals surface area contributed by atoms with E-state index in [1.807, 2.05) is 48.5 Å². The zero-order valence-corrected chi connectivity index (χ0v) is 33.4. The number of ether oxygens (including phenoxy) is 1. The van der Waals surface area contributed by atoms with Gasteiger partial charge < -0.3 is 20.1 Å². The first-order valence-electron chi connectivity index (χ1n) is 19.3. The average Bonchev–Trinajstić information content (AvgIpc) is 3.30. The Morgan fingerprint density at radius 2 is 0.525 bits per heavy atom. The molecule has 0 aromatic heterocycles. The van der Waals surface area contributed by atoms with Crippen LogP contribution >= 0.6 is 0 Å². The van der Waals surface area contributed by atoms with Crippen LogP contribution < -0.4 is 25.5 Å². The van der Waals surface area contributed by atoms with Gasteiger partial charge in [0.2, 0.25) is 0 Å². The Hall–Kier alpha value is -8.14. The van der Waals surface area contributed by atoms with Gasteiger partial charge in [0.05, 0.1) is 16.7 Å². The van der Waals surface area contributed by atoms with Crippen molar-refractivity contribution in [1.29, 1.82) is 0 Å². The SMILES string of the molecule is O=COc1ccc(-c2ccc([Si](c3ccc(-c4ccc(C(=O)O)cc4)cc3)(c3ccc(-c4ccc(C(=O)O)cc4)cc3)c3ccc(-c4ccc(C(=O)O)cc4)cc3)cc2)cc1. The normalized spacial score (nSPS) is 11.1. The summed E-state index contributed by atoms with van der Waals surface area (Å²) in [4.78, 5) is 45.6. The summed E-state index contributed by atoms with van der Waals surface area (Å²) in [5, 5.41) is 32.8. The molecule has 0 bridgehead atoms. The van der Waals surface area contributed by atoms with Gasteiger partial charge in [0, 0.05) is 0 Å². The van der Waals surface area contributed by atoms with Gasteiger partial charge in [-0.25, -0.2) is 14.4 Å². The van der Waals surface area contributed by atoms with Gasteiger partial charge in [0.1, 0.15) is 5.75 Å². The van der Waals surface area contributed by atoms with Crippen LogP contribution in [0, 0.1) is 0 Å². The van der Waals surface area contributed by atoms with E-state index < -0.39 is 26.0 Å². The third-order valence-corrected chi connectivity index (χ3v) is 15.8. The summed E-state index contributed by atoms with van der Waals surface area (Å²) in [5.41, 5.74) is 8.01. The molecule has 0 heterocycles. The monoisotopic (exact) mass is 816 g/mol. The smallest absolute Gasteiger partial charge is 0.335 e. The van der Waals surface area contributed by atoms with E-state index in [1.165, 1.54) is 0 Å². The lowest BCUT2D eigenvalue weighted by atomic mass is 10.0. The number of aromatic carboxylic acids is 3. The van der Waals surface area contributed by atoms with Crippen LogP contribution in [-0.2, 0) is 4.79 Å². The summed E-state index contributed by atoms with van der Waals surface area (Å²) < 4.78 is 5.02. The van der Waals surface area contributed by atoms with Crippen LogP contribution in [0.25, 0.3) is 44.5 Å². The van der Waals surface area contributed by atoms with Crippen molar-refractivity contribution in [2.45, 2.75) is 0 Å². The molecule has 8 aromatic rings. The van der Waals surface area contributed by atoms with Gasteiger partial charge in [-0.3, -0.25) is 4.79 Å². The zero-order valence-electron chi connectivity index (χ0n) is 32.4. The molecule has 0 unspecified atom stereocenters. The predicted molar refractivity (Wildman–Crippen MR) is 239 cm³/mol. The number of carbonyl (C=O) groups excluding carboxylic acids is 1. The number of carbonyl (C=O) groups is 4. The molecule has 296 valence electrons. The third kappa shape index (κ3) is 8.01. The van der Waals surface area contributed by atoms with Crippen LogP contribution in [0.15, 0.2) is 194 Å². The molecule has 0 fully saturated rings. The molecule has 0 saturated heterocycles. The van der Waals surface area contributed by atoms with E-state index in [0.717, 1.165) is 65.3 Å². The maximum Gasteiger partial charge on any atom is 0.335 e. The highest BCUT2D eigenvalue weighted by Crippen LogP contribution is 2.26. The fourth-order valence-electron chi connectivity index (χ4n) is 7.85. The minimum absolute atomic E-state index is 0.211. The highest BCUT2D eigenvalue weighted by molar-refractivity contribution is 7.19. The second kappa shape index (κ2) is 17.0. The first kappa shape index (κ1) is 39.7. The molecule has 0 amide bonds. The Morgan fingerprint density at radius 1 is 0.328 bits per heavy atom. The van der Waals surface area contributed by atoms with Crippen LogP contribution in [0.3, 0.4) is 0 Å². The van der Waals surface area contributed by atoms with Crippen LogP contribution in [0.4, 0.5) is 0 Å². The number of carboxylic acids is 3. The van der Waals surface area contributed by atoms with Gasteiger partial charge in [0.15, 0.2) is 8.07 Å². The highest BCUT2D eigenvalue weighted by atomic mass is 28.3. The van der Waals surface area contributed by atoms with Crippen molar-refractivity contribution >= 4 is 53.2 Å². The molecule has 8 rings (SSSR count). The van der Waals surface area contributed by atoms with Gasteiger partial charge in [-0.15, -0.1) is 0 Å². The zero-order chi connectivity index (χ0) is 42.5. The second-order valence-electron chi connectivity index (χ2n) is 14.4. The molecule has 8 aromatic carbocycles. The summed E-state index contributed by atoms with van der Waals surface area (Å²) in [6.45, 7) is 0.402. The first-order chi connectivity index (χ1) is 29.6. The largest absolute Gasteiger partial charge is 0.478 e. The van der Waals surface area contributed by atoms with Gasteiger partial charge in [-0.2, -0.15) is 0 Å². The Bertz CT molecular complexity index is 2610. The predicted octanol–water partition coefficient (Wildman–Crippen LogP) is 8.36. The van der Waals surface area contributed by atoms with E-state index in [0.29, 0.717) is 12.2 Å². The van der Waals surface area contributed by atoms with Crippen molar-refractivity contribution in [2.75, 3.05) is 0 Å². The summed E-state index contributed by atoms with van der Waals surface area (Å²) in [6, 6.07) is 61.7. The van der Waals surface area contributed by atoms with Gasteiger partial charge >= 0.3 is 17.9 Å². The molecule has 0 saturated carbocycles. The van der Waals surface area contributed by atoms with E-state index in [4.69, 9.17) is 4.74 Å². The molecular weight excluding hydrogens is 781 g/mol. The van der Waals surface area contributed by atoms with E-state index >= 15 is 0 Å². The van der Waals surface area contributed by atoms with E-state index in [2.05, 4.69) is 97.1 Å². The van der Waals surface area contributed by atoms with Crippen molar-refractivity contribution in [2.24, 2.45) is 0 Å². The van der Waals surface area contributed by atoms with Gasteiger partial charge in [-0.05, 0) is 114 Å². The van der Waals surface area contributed by atoms with Crippen molar-refractivity contribution in [3.05, 3.63) is 211 Å². The quantitative estimate of drug-likeness (QED) is 0.0600. The second-order valence-corrected chi connectivity index (χ2v) is 18.3. The molecular formula is C52H36O8Si. The number of carboxylic acid groups (broad SMARTS) is 3. The van der Waals surface area contributed by atoms with Crippen molar-refractivity contribution in [3.8, 4) is 50.3 Å². The molecule has 3 N–H and O–H groups in total. The van der Waals surface area contributed by atoms with E-state index in [-0.39, 0.29) is 16.7 Å². The topological polar surface area (TPSA) is 138 Å². The maximum absolute atomic E-state index is 11.6. The van der Waals surface area contributed by atoms with Crippen LogP contribution in [0.2, 0.25) is 0 Å². The summed E-state index contributed by atoms with van der Waals surface area (Å²) in [5.74, 6) is -2.51. The fraction of sp³-hybridized carbons (Fsp3) is 0. The molecule has 0 aliphatic rings. The summed E-state index contributed by atoms with van der Waals surface area (Å²) in [6.07, 6.45) is 0. The lowest BCUT2D eigenvalue weighted by Gasteiger charge is -2.35. The Labute approximate surface area is 352 Å². The van der Waals surface area contributed by atoms with Crippen LogP contribution in [0.1, 0.15) is 31.1 Å². The maximum atomic E-state index is 11.6. The van der Waals surface area contributed by atoms with Crippen molar-refractivity contribution in [3.63, 3.8) is 0 Å². The minimum Gasteiger partial charge on any atom is -0.478 e. The fourth-order valence-corrected chi connectivity index (χ4v) is 12.5. The van der Waals surface area contributed by atoms with Crippen molar-refractivity contribution < 1.29 is 39.2 Å². The first-order valence-corrected chi connectivity index (χ1v) is 21.3. The van der Waals surface area contributed by atoms with E-state index in [9.17, 15) is 34.5 Å². The van der Waals surface area contributed by atoms with Crippen LogP contribution in [0.5, 0.6) is 5.75 Å². The number of hydrogen-bond acceptors (Lipinski definition) is 5. The third-order valence-electron chi connectivity index (χ3n) is 11.0. The number of rotatable bonds is 13. The molecule has 0 aliphatic heterocycles. The average molecular weight is 817 g/mol. The number of hydrogen-bond donors (Lipinski definition) is 3. The van der Waals surface area contributed by atoms with Crippen LogP contribution in [-0.4, -0.2) is 47.8 Å². The van der Waals surface area contributed by atoms with Gasteiger partial charge in [-0.1, -0.05) is 146 Å². The standard InChI is InChI=1S/C52H36O8Si/c53-33-60-45-23-13-37(14-24-45)41-21-31-49(32-22-41)61(46-25-15-38(16-26-46)34-1-7-42(8-2-34)50(54)55,47-27-17-39(18-28-47)35-3-9-43(10-4-35)51(56)57)48-29-19-40(20-30-48)36-5-11-44(12-6-36)52(58)59/h1-33H,(H,54,55)(H,56,57)(H,58,59). The molecule has 0 atom stereocenters. The van der Waals surface area contributed by atoms with E-state index in [1.54, 1.807) is 48.5 Å². The number of benzene rings is 8. The summed E-state index contributed by atoms with van der Waals surface area (Å²) in [7, 11) is -3.18. The Kier molecular flexibility index (Phi) is 11.0.